The number of hydrogen-bond donors (Lipinski definition) is 1. The van der Waals surface area contributed by atoms with Crippen LogP contribution >= 0.6 is 0 Å². The first-order chi connectivity index (χ1) is 7.85. The maximum atomic E-state index is 12.4. The molecule has 0 radical (unpaired) electrons. The van der Waals surface area contributed by atoms with Gasteiger partial charge in [0.15, 0.2) is 0 Å². The molecule has 98 valence electrons. The van der Waals surface area contributed by atoms with Crippen LogP contribution in [0.25, 0.3) is 0 Å². The molecule has 0 aromatic rings. The van der Waals surface area contributed by atoms with Gasteiger partial charge in [0.1, 0.15) is 11.6 Å². The zero-order valence-electron chi connectivity index (χ0n) is 11.5. The van der Waals surface area contributed by atoms with Crippen LogP contribution in [0.15, 0.2) is 0 Å². The van der Waals surface area contributed by atoms with Gasteiger partial charge in [-0.25, -0.2) is 0 Å². The van der Waals surface area contributed by atoms with Gasteiger partial charge >= 0.3 is 0 Å². The largest absolute Gasteiger partial charge is 0.340 e. The van der Waals surface area contributed by atoms with Crippen molar-refractivity contribution in [3.63, 3.8) is 0 Å². The first-order valence-electron chi connectivity index (χ1n) is 6.48. The van der Waals surface area contributed by atoms with E-state index in [-0.39, 0.29) is 17.9 Å². The number of carbonyl (C=O) groups excluding carboxylic acids is 2. The first kappa shape index (κ1) is 14.0. The molecule has 1 saturated heterocycles. The van der Waals surface area contributed by atoms with Crippen molar-refractivity contribution in [1.82, 2.24) is 10.2 Å². The van der Waals surface area contributed by atoms with Gasteiger partial charge in [0.05, 0.1) is 0 Å². The lowest BCUT2D eigenvalue weighted by atomic mass is 9.91. The van der Waals surface area contributed by atoms with Crippen LogP contribution in [0.3, 0.4) is 0 Å². The van der Waals surface area contributed by atoms with Crippen molar-refractivity contribution in [2.45, 2.75) is 59.0 Å². The summed E-state index contributed by atoms with van der Waals surface area (Å²) in [5.74, 6) is 0.429. The fraction of sp³-hybridized carbons (Fsp3) is 0.846. The predicted molar refractivity (Wildman–Crippen MR) is 67.5 cm³/mol. The smallest absolute Gasteiger partial charge is 0.248 e. The average Bonchev–Trinajstić information content (AvgIpc) is 2.31. The lowest BCUT2D eigenvalue weighted by molar-refractivity contribution is -0.154. The molecule has 4 nitrogen and oxygen atoms in total. The average molecular weight is 240 g/mol. The Labute approximate surface area is 104 Å². The van der Waals surface area contributed by atoms with Gasteiger partial charge in [-0.1, -0.05) is 27.2 Å². The summed E-state index contributed by atoms with van der Waals surface area (Å²) in [6.07, 6.45) is 1.64. The van der Waals surface area contributed by atoms with Crippen LogP contribution in [0.1, 0.15) is 47.5 Å². The second kappa shape index (κ2) is 5.07. The molecular formula is C13H24N2O2. The SMILES string of the molecule is CCC(C)CN1C(=O)C(C)(CC)NC(=O)C1C. The summed E-state index contributed by atoms with van der Waals surface area (Å²) in [5.41, 5.74) is -0.725. The topological polar surface area (TPSA) is 49.4 Å². The van der Waals surface area contributed by atoms with E-state index in [9.17, 15) is 9.59 Å². The minimum Gasteiger partial charge on any atom is -0.340 e. The third kappa shape index (κ3) is 2.61. The minimum atomic E-state index is -0.725. The van der Waals surface area contributed by atoms with Gasteiger partial charge in [-0.05, 0) is 26.2 Å². The molecule has 17 heavy (non-hydrogen) atoms. The van der Waals surface area contributed by atoms with Crippen molar-refractivity contribution in [3.05, 3.63) is 0 Å². The van der Waals surface area contributed by atoms with Crippen LogP contribution in [0.5, 0.6) is 0 Å². The maximum Gasteiger partial charge on any atom is 0.248 e. The number of nitrogens with zero attached hydrogens (tertiary/aromatic N) is 1. The normalized spacial score (nSPS) is 31.4. The molecule has 2 amide bonds. The van der Waals surface area contributed by atoms with E-state index in [1.807, 2.05) is 13.8 Å². The first-order valence-corrected chi connectivity index (χ1v) is 6.48. The summed E-state index contributed by atoms with van der Waals surface area (Å²) in [7, 11) is 0. The van der Waals surface area contributed by atoms with Crippen molar-refractivity contribution in [3.8, 4) is 0 Å². The second-order valence-electron chi connectivity index (χ2n) is 5.32. The predicted octanol–water partition coefficient (Wildman–Crippen LogP) is 1.55. The standard InChI is InChI=1S/C13H24N2O2/c1-6-9(3)8-15-10(4)11(16)14-13(5,7-2)12(15)17/h9-10H,6-8H2,1-5H3,(H,14,16). The van der Waals surface area contributed by atoms with Crippen LogP contribution in [-0.2, 0) is 9.59 Å². The van der Waals surface area contributed by atoms with Gasteiger partial charge in [-0.15, -0.1) is 0 Å². The summed E-state index contributed by atoms with van der Waals surface area (Å²) >= 11 is 0. The second-order valence-corrected chi connectivity index (χ2v) is 5.32. The molecule has 0 bridgehead atoms. The highest BCUT2D eigenvalue weighted by molar-refractivity contribution is 5.99. The Morgan fingerprint density at radius 1 is 1.41 bits per heavy atom. The van der Waals surface area contributed by atoms with Gasteiger partial charge in [0.25, 0.3) is 0 Å². The number of amides is 2. The molecule has 0 aromatic heterocycles. The number of hydrogen-bond acceptors (Lipinski definition) is 2. The van der Waals surface area contributed by atoms with Crippen LogP contribution < -0.4 is 5.32 Å². The number of piperazine rings is 1. The number of rotatable bonds is 4. The third-order valence-corrected chi connectivity index (χ3v) is 3.89. The molecule has 4 heteroatoms. The molecule has 0 aliphatic carbocycles. The van der Waals surface area contributed by atoms with Crippen molar-refractivity contribution in [1.29, 1.82) is 0 Å². The molecule has 3 unspecified atom stereocenters. The van der Waals surface area contributed by atoms with E-state index in [2.05, 4.69) is 19.2 Å². The summed E-state index contributed by atoms with van der Waals surface area (Å²) in [4.78, 5) is 26.0. The molecule has 1 aliphatic rings. The third-order valence-electron chi connectivity index (χ3n) is 3.89. The van der Waals surface area contributed by atoms with Crippen LogP contribution in [0.4, 0.5) is 0 Å². The van der Waals surface area contributed by atoms with E-state index in [1.165, 1.54) is 0 Å². The highest BCUT2D eigenvalue weighted by Gasteiger charge is 2.45. The van der Waals surface area contributed by atoms with Crippen molar-refractivity contribution in [2.75, 3.05) is 6.54 Å². The van der Waals surface area contributed by atoms with Gasteiger partial charge in [0.2, 0.25) is 11.8 Å². The van der Waals surface area contributed by atoms with Crippen molar-refractivity contribution >= 4 is 11.8 Å². The van der Waals surface area contributed by atoms with Crippen LogP contribution in [0, 0.1) is 5.92 Å². The van der Waals surface area contributed by atoms with E-state index in [1.54, 1.807) is 11.8 Å². The lowest BCUT2D eigenvalue weighted by Crippen LogP contribution is -2.68. The van der Waals surface area contributed by atoms with E-state index in [0.29, 0.717) is 18.9 Å². The molecule has 1 fully saturated rings. The molecule has 1 aliphatic heterocycles. The highest BCUT2D eigenvalue weighted by atomic mass is 16.2. The lowest BCUT2D eigenvalue weighted by Gasteiger charge is -2.43. The molecule has 1 rings (SSSR count). The fourth-order valence-corrected chi connectivity index (χ4v) is 2.01. The molecule has 0 spiro atoms. The minimum absolute atomic E-state index is 0.0442. The van der Waals surface area contributed by atoms with Gasteiger partial charge in [-0.3, -0.25) is 9.59 Å². The molecule has 0 saturated carbocycles. The monoisotopic (exact) mass is 240 g/mol. The van der Waals surface area contributed by atoms with Crippen molar-refractivity contribution < 1.29 is 9.59 Å². The molecule has 3 atom stereocenters. The van der Waals surface area contributed by atoms with E-state index < -0.39 is 5.54 Å². The summed E-state index contributed by atoms with van der Waals surface area (Å²) in [5, 5.41) is 2.83. The Morgan fingerprint density at radius 3 is 2.47 bits per heavy atom. The zero-order valence-corrected chi connectivity index (χ0v) is 11.5. The number of carbonyl (C=O) groups is 2. The molecular weight excluding hydrogens is 216 g/mol. The van der Waals surface area contributed by atoms with Gasteiger partial charge < -0.3 is 10.2 Å². The summed E-state index contributed by atoms with van der Waals surface area (Å²) in [6.45, 7) is 10.4. The Kier molecular flexibility index (Phi) is 4.17. The fourth-order valence-electron chi connectivity index (χ4n) is 2.01. The summed E-state index contributed by atoms with van der Waals surface area (Å²) in [6, 6.07) is -0.351. The Morgan fingerprint density at radius 2 is 2.00 bits per heavy atom. The Balaban J connectivity index is 2.92. The van der Waals surface area contributed by atoms with Gasteiger partial charge in [-0.2, -0.15) is 0 Å². The van der Waals surface area contributed by atoms with E-state index >= 15 is 0 Å². The Hall–Kier alpha value is -1.06. The number of nitrogens with one attached hydrogen (secondary N) is 1. The molecule has 0 aromatic carbocycles. The molecule has 1 N–H and O–H groups in total. The van der Waals surface area contributed by atoms with Crippen molar-refractivity contribution in [2.24, 2.45) is 5.92 Å². The van der Waals surface area contributed by atoms with Crippen LogP contribution in [0.2, 0.25) is 0 Å². The van der Waals surface area contributed by atoms with E-state index in [0.717, 1.165) is 6.42 Å². The van der Waals surface area contributed by atoms with Crippen LogP contribution in [-0.4, -0.2) is 34.8 Å². The zero-order chi connectivity index (χ0) is 13.2. The molecule has 1 heterocycles. The van der Waals surface area contributed by atoms with E-state index in [4.69, 9.17) is 0 Å². The summed E-state index contributed by atoms with van der Waals surface area (Å²) < 4.78 is 0. The highest BCUT2D eigenvalue weighted by Crippen LogP contribution is 2.22. The quantitative estimate of drug-likeness (QED) is 0.810. The maximum absolute atomic E-state index is 12.4. The Bertz CT molecular complexity index is 317. The van der Waals surface area contributed by atoms with Gasteiger partial charge in [0, 0.05) is 6.54 Å².